The van der Waals surface area contributed by atoms with Crippen LogP contribution in [-0.2, 0) is 19.1 Å². The van der Waals surface area contributed by atoms with Crippen molar-refractivity contribution in [2.45, 2.75) is 65.1 Å². The van der Waals surface area contributed by atoms with Crippen LogP contribution in [-0.4, -0.2) is 46.1 Å². The van der Waals surface area contributed by atoms with E-state index < -0.39 is 42.3 Å². The van der Waals surface area contributed by atoms with Crippen LogP contribution in [0.4, 0.5) is 0 Å². The molecule has 0 aromatic rings. The van der Waals surface area contributed by atoms with E-state index in [4.69, 9.17) is 4.74 Å². The number of aliphatic hydroxyl groups is 3. The first-order valence-corrected chi connectivity index (χ1v) is 9.38. The van der Waals surface area contributed by atoms with Crippen LogP contribution >= 0.6 is 0 Å². The summed E-state index contributed by atoms with van der Waals surface area (Å²) in [5.74, 6) is -1.76. The van der Waals surface area contributed by atoms with Crippen LogP contribution in [0, 0.1) is 23.7 Å². The van der Waals surface area contributed by atoms with Crippen molar-refractivity contribution >= 4 is 11.9 Å². The largest absolute Gasteiger partial charge is 0.505 e. The highest BCUT2D eigenvalue weighted by atomic mass is 16.6. The van der Waals surface area contributed by atoms with Crippen molar-refractivity contribution in [3.8, 4) is 0 Å². The zero-order valence-corrected chi connectivity index (χ0v) is 15.7. The molecule has 0 spiro atoms. The van der Waals surface area contributed by atoms with Crippen LogP contribution in [0.2, 0.25) is 0 Å². The lowest BCUT2D eigenvalue weighted by Crippen LogP contribution is -2.35. The normalized spacial score (nSPS) is 28.8. The van der Waals surface area contributed by atoms with E-state index in [1.165, 1.54) is 6.42 Å². The molecule has 7 nitrogen and oxygen atoms in total. The van der Waals surface area contributed by atoms with Gasteiger partial charge in [0.2, 0.25) is 5.76 Å². The molecule has 2 rings (SSSR count). The SMILES string of the molecule is CC(C)CC1CCC(C(C)C(=O)OCC(O)C2OC(=O)C(O)=C2O)CC1. The molecular weight excluding hydrogens is 340 g/mol. The van der Waals surface area contributed by atoms with E-state index in [1.54, 1.807) is 0 Å². The van der Waals surface area contributed by atoms with Crippen LogP contribution in [0.5, 0.6) is 0 Å². The van der Waals surface area contributed by atoms with E-state index in [9.17, 15) is 24.9 Å². The Hall–Kier alpha value is -1.76. The van der Waals surface area contributed by atoms with Crippen molar-refractivity contribution in [2.75, 3.05) is 6.61 Å². The maximum atomic E-state index is 12.3. The number of esters is 2. The molecule has 0 saturated heterocycles. The lowest BCUT2D eigenvalue weighted by molar-refractivity contribution is -0.158. The highest BCUT2D eigenvalue weighted by Gasteiger charge is 2.40. The van der Waals surface area contributed by atoms with Crippen LogP contribution in [0.1, 0.15) is 52.9 Å². The van der Waals surface area contributed by atoms with Gasteiger partial charge in [0, 0.05) is 0 Å². The summed E-state index contributed by atoms with van der Waals surface area (Å²) in [5.41, 5.74) is 0. The molecule has 0 amide bonds. The molecule has 0 radical (unpaired) electrons. The number of hydrogen-bond donors (Lipinski definition) is 3. The van der Waals surface area contributed by atoms with Crippen molar-refractivity contribution in [1.82, 2.24) is 0 Å². The number of ether oxygens (including phenoxy) is 2. The van der Waals surface area contributed by atoms with E-state index in [0.29, 0.717) is 5.92 Å². The molecule has 1 aliphatic carbocycles. The van der Waals surface area contributed by atoms with Crippen LogP contribution in [0.25, 0.3) is 0 Å². The van der Waals surface area contributed by atoms with Crippen molar-refractivity contribution in [3.05, 3.63) is 11.5 Å². The molecule has 3 atom stereocenters. The minimum Gasteiger partial charge on any atom is -0.505 e. The molecule has 0 aromatic carbocycles. The van der Waals surface area contributed by atoms with E-state index in [1.807, 2.05) is 6.92 Å². The quantitative estimate of drug-likeness (QED) is 0.590. The second kappa shape index (κ2) is 8.75. The molecule has 1 fully saturated rings. The predicted octanol–water partition coefficient (Wildman–Crippen LogP) is 2.63. The Morgan fingerprint density at radius 2 is 1.81 bits per heavy atom. The second-order valence-corrected chi connectivity index (χ2v) is 7.96. The first kappa shape index (κ1) is 20.6. The first-order chi connectivity index (χ1) is 12.2. The fraction of sp³-hybridized carbons (Fsp3) is 0.789. The molecule has 3 unspecified atom stereocenters. The van der Waals surface area contributed by atoms with Gasteiger partial charge in [0.05, 0.1) is 5.92 Å². The topological polar surface area (TPSA) is 113 Å². The van der Waals surface area contributed by atoms with Crippen molar-refractivity contribution in [3.63, 3.8) is 0 Å². The third kappa shape index (κ3) is 4.90. The Morgan fingerprint density at radius 1 is 1.19 bits per heavy atom. The van der Waals surface area contributed by atoms with Gasteiger partial charge in [-0.15, -0.1) is 0 Å². The smallest absolute Gasteiger partial charge is 0.377 e. The Labute approximate surface area is 154 Å². The van der Waals surface area contributed by atoms with Gasteiger partial charge in [-0.1, -0.05) is 33.6 Å². The molecular formula is C19H30O7. The summed E-state index contributed by atoms with van der Waals surface area (Å²) < 4.78 is 9.79. The third-order valence-electron chi connectivity index (χ3n) is 5.46. The molecule has 0 bridgehead atoms. The van der Waals surface area contributed by atoms with Crippen molar-refractivity contribution in [2.24, 2.45) is 23.7 Å². The van der Waals surface area contributed by atoms with Crippen LogP contribution < -0.4 is 0 Å². The van der Waals surface area contributed by atoms with E-state index in [2.05, 4.69) is 18.6 Å². The summed E-state index contributed by atoms with van der Waals surface area (Å²) in [6, 6.07) is 0. The molecule has 0 aromatic heterocycles. The van der Waals surface area contributed by atoms with Gasteiger partial charge in [-0.25, -0.2) is 4.79 Å². The summed E-state index contributed by atoms with van der Waals surface area (Å²) >= 11 is 0. The zero-order chi connectivity index (χ0) is 19.4. The Kier molecular flexibility index (Phi) is 6.92. The number of cyclic esters (lactones) is 1. The lowest BCUT2D eigenvalue weighted by Gasteiger charge is -2.32. The number of aliphatic hydroxyl groups excluding tert-OH is 3. The van der Waals surface area contributed by atoms with Gasteiger partial charge in [-0.2, -0.15) is 0 Å². The first-order valence-electron chi connectivity index (χ1n) is 9.38. The van der Waals surface area contributed by atoms with E-state index >= 15 is 0 Å². The van der Waals surface area contributed by atoms with Gasteiger partial charge >= 0.3 is 11.9 Å². The summed E-state index contributed by atoms with van der Waals surface area (Å²) in [7, 11) is 0. The second-order valence-electron chi connectivity index (χ2n) is 7.96. The molecule has 2 aliphatic rings. The molecule has 1 heterocycles. The maximum Gasteiger partial charge on any atom is 0.377 e. The van der Waals surface area contributed by atoms with E-state index in [-0.39, 0.29) is 11.8 Å². The maximum absolute atomic E-state index is 12.3. The molecule has 26 heavy (non-hydrogen) atoms. The molecule has 1 saturated carbocycles. The summed E-state index contributed by atoms with van der Waals surface area (Å²) in [4.78, 5) is 23.4. The van der Waals surface area contributed by atoms with Gasteiger partial charge in [-0.3, -0.25) is 4.79 Å². The van der Waals surface area contributed by atoms with Gasteiger partial charge < -0.3 is 24.8 Å². The Balaban J connectivity index is 1.77. The van der Waals surface area contributed by atoms with Crippen molar-refractivity contribution in [1.29, 1.82) is 0 Å². The van der Waals surface area contributed by atoms with Gasteiger partial charge in [0.1, 0.15) is 12.7 Å². The molecule has 148 valence electrons. The molecule has 3 N–H and O–H groups in total. The monoisotopic (exact) mass is 370 g/mol. The minimum absolute atomic E-state index is 0.268. The Morgan fingerprint density at radius 3 is 2.31 bits per heavy atom. The highest BCUT2D eigenvalue weighted by molar-refractivity contribution is 5.89. The van der Waals surface area contributed by atoms with Crippen LogP contribution in [0.15, 0.2) is 11.5 Å². The van der Waals surface area contributed by atoms with Crippen LogP contribution in [0.3, 0.4) is 0 Å². The zero-order valence-electron chi connectivity index (χ0n) is 15.7. The fourth-order valence-electron chi connectivity index (χ4n) is 3.90. The number of carbonyl (C=O) groups excluding carboxylic acids is 2. The lowest BCUT2D eigenvalue weighted by atomic mass is 9.74. The summed E-state index contributed by atoms with van der Waals surface area (Å²) in [6.07, 6.45) is 2.63. The van der Waals surface area contributed by atoms with Gasteiger partial charge in [0.25, 0.3) is 0 Å². The standard InChI is InChI=1S/C19H30O7/c1-10(2)8-12-4-6-13(7-5-12)11(3)18(23)25-9-14(20)17-15(21)16(22)19(24)26-17/h10-14,17,20-22H,4-9H2,1-3H3. The molecule has 7 heteroatoms. The number of rotatable bonds is 7. The average Bonchev–Trinajstić information content (AvgIpc) is 2.86. The fourth-order valence-corrected chi connectivity index (χ4v) is 3.90. The van der Waals surface area contributed by atoms with Gasteiger partial charge in [0.15, 0.2) is 11.9 Å². The van der Waals surface area contributed by atoms with E-state index in [0.717, 1.165) is 31.6 Å². The van der Waals surface area contributed by atoms with Gasteiger partial charge in [-0.05, 0) is 37.0 Å². The summed E-state index contributed by atoms with van der Waals surface area (Å²) in [6.45, 7) is 5.87. The highest BCUT2D eigenvalue weighted by Crippen LogP contribution is 2.36. The molecule has 1 aliphatic heterocycles. The summed E-state index contributed by atoms with van der Waals surface area (Å²) in [5, 5.41) is 28.7. The Bertz CT molecular complexity index is 546. The third-order valence-corrected chi connectivity index (χ3v) is 5.46. The predicted molar refractivity (Wildman–Crippen MR) is 93.2 cm³/mol. The van der Waals surface area contributed by atoms with Crippen molar-refractivity contribution < 1.29 is 34.4 Å². The minimum atomic E-state index is -1.43. The number of hydrogen-bond acceptors (Lipinski definition) is 7. The number of carbonyl (C=O) groups is 2. The average molecular weight is 370 g/mol.